The number of nitro benzene ring substituents is 2. The lowest BCUT2D eigenvalue weighted by molar-refractivity contribution is -0.385. The van der Waals surface area contributed by atoms with Gasteiger partial charge in [-0.1, -0.05) is 0 Å². The molecule has 0 unspecified atom stereocenters. The van der Waals surface area contributed by atoms with Crippen molar-refractivity contribution in [3.8, 4) is 12.1 Å². The first-order valence-electron chi connectivity index (χ1n) is 12.6. The third-order valence-electron chi connectivity index (χ3n) is 6.51. The highest BCUT2D eigenvalue weighted by Crippen LogP contribution is 2.39. The molecule has 0 aliphatic rings. The minimum Gasteiger partial charge on any atom is -0.310 e. The number of nitro groups is 2. The van der Waals surface area contributed by atoms with Gasteiger partial charge in [-0.05, 0) is 97.1 Å². The van der Waals surface area contributed by atoms with Crippen LogP contribution in [0.15, 0.2) is 121 Å². The molecule has 0 bridgehead atoms. The van der Waals surface area contributed by atoms with E-state index in [4.69, 9.17) is 0 Å². The van der Waals surface area contributed by atoms with E-state index in [-0.39, 0.29) is 11.4 Å². The maximum atomic E-state index is 11.2. The van der Waals surface area contributed by atoms with Gasteiger partial charge in [0.1, 0.15) is 0 Å². The number of anilines is 6. The van der Waals surface area contributed by atoms with Crippen LogP contribution in [0.1, 0.15) is 11.1 Å². The average Bonchev–Trinajstić information content (AvgIpc) is 3.03. The first-order chi connectivity index (χ1) is 20.4. The predicted molar refractivity (Wildman–Crippen MR) is 159 cm³/mol. The summed E-state index contributed by atoms with van der Waals surface area (Å²) in [5.74, 6) is 0. The molecule has 0 spiro atoms. The average molecular weight is 553 g/mol. The van der Waals surface area contributed by atoms with Crippen LogP contribution < -0.4 is 9.80 Å². The summed E-state index contributed by atoms with van der Waals surface area (Å²) in [7, 11) is 0. The quantitative estimate of drug-likeness (QED) is 0.139. The van der Waals surface area contributed by atoms with Gasteiger partial charge in [0.2, 0.25) is 0 Å². The lowest BCUT2D eigenvalue weighted by Gasteiger charge is -2.28. The van der Waals surface area contributed by atoms with Crippen LogP contribution in [0.25, 0.3) is 0 Å². The standard InChI is InChI=1S/C32H20N6O4/c33-21-23-1-5-25(6-2-23)35(29-13-17-31(18-14-29)37(39)40)27-9-11-28(12-10-27)36(26-7-3-24(22-34)4-8-26)30-15-19-32(20-16-30)38(41)42/h1-20H. The zero-order valence-corrected chi connectivity index (χ0v) is 21.9. The van der Waals surface area contributed by atoms with Crippen molar-refractivity contribution in [1.82, 2.24) is 0 Å². The van der Waals surface area contributed by atoms with Crippen LogP contribution >= 0.6 is 0 Å². The van der Waals surface area contributed by atoms with Gasteiger partial charge >= 0.3 is 0 Å². The molecule has 10 nitrogen and oxygen atoms in total. The first-order valence-corrected chi connectivity index (χ1v) is 12.6. The van der Waals surface area contributed by atoms with Crippen molar-refractivity contribution in [2.45, 2.75) is 0 Å². The molecule has 0 aliphatic carbocycles. The van der Waals surface area contributed by atoms with Crippen LogP contribution in [-0.2, 0) is 0 Å². The van der Waals surface area contributed by atoms with Gasteiger partial charge in [0.25, 0.3) is 11.4 Å². The van der Waals surface area contributed by atoms with E-state index >= 15 is 0 Å². The molecule has 0 aliphatic heterocycles. The molecule has 0 aromatic heterocycles. The third kappa shape index (κ3) is 5.59. The molecule has 0 N–H and O–H groups in total. The Hall–Kier alpha value is -6.52. The Morgan fingerprint density at radius 3 is 0.857 bits per heavy atom. The minimum atomic E-state index is -0.458. The van der Waals surface area contributed by atoms with Crippen molar-refractivity contribution in [3.05, 3.63) is 153 Å². The summed E-state index contributed by atoms with van der Waals surface area (Å²) in [5, 5.41) is 40.9. The summed E-state index contributed by atoms with van der Waals surface area (Å²) in [4.78, 5) is 25.3. The van der Waals surface area contributed by atoms with Gasteiger partial charge < -0.3 is 9.80 Å². The molecule has 0 saturated heterocycles. The molecule has 42 heavy (non-hydrogen) atoms. The van der Waals surface area contributed by atoms with E-state index in [0.717, 1.165) is 22.7 Å². The fourth-order valence-electron chi connectivity index (χ4n) is 4.46. The maximum absolute atomic E-state index is 11.2. The second kappa shape index (κ2) is 11.7. The number of nitrogens with zero attached hydrogens (tertiary/aromatic N) is 6. The zero-order valence-electron chi connectivity index (χ0n) is 21.9. The monoisotopic (exact) mass is 552 g/mol. The summed E-state index contributed by atoms with van der Waals surface area (Å²) in [6, 6.07) is 38.1. The predicted octanol–water partition coefficient (Wildman–Crippen LogP) is 8.19. The lowest BCUT2D eigenvalue weighted by Crippen LogP contribution is -2.12. The van der Waals surface area contributed by atoms with Crippen LogP contribution in [0.4, 0.5) is 45.5 Å². The Morgan fingerprint density at radius 1 is 0.429 bits per heavy atom. The highest BCUT2D eigenvalue weighted by Gasteiger charge is 2.18. The van der Waals surface area contributed by atoms with Crippen molar-refractivity contribution in [1.29, 1.82) is 10.5 Å². The van der Waals surface area contributed by atoms with Gasteiger partial charge in [-0.3, -0.25) is 20.2 Å². The molecule has 10 heteroatoms. The number of non-ortho nitro benzene ring substituents is 2. The van der Waals surface area contributed by atoms with E-state index in [1.165, 1.54) is 24.3 Å². The Morgan fingerprint density at radius 2 is 0.643 bits per heavy atom. The number of nitriles is 2. The van der Waals surface area contributed by atoms with E-state index in [0.29, 0.717) is 22.5 Å². The number of benzene rings is 5. The SMILES string of the molecule is N#Cc1ccc(N(c2ccc(N(c3ccc(C#N)cc3)c3ccc([N+](=O)[O-])cc3)cc2)c2ccc([N+](=O)[O-])cc2)cc1. The van der Waals surface area contributed by atoms with E-state index < -0.39 is 9.85 Å². The maximum Gasteiger partial charge on any atom is 0.269 e. The molecule has 0 fully saturated rings. The molecule has 202 valence electrons. The number of hydrogen-bond donors (Lipinski definition) is 0. The molecular formula is C32H20N6O4. The highest BCUT2D eigenvalue weighted by atomic mass is 16.6. The highest BCUT2D eigenvalue weighted by molar-refractivity contribution is 5.81. The summed E-state index contributed by atoms with van der Waals surface area (Å²) >= 11 is 0. The Bertz CT molecular complexity index is 1690. The normalized spacial score (nSPS) is 10.2. The molecule has 0 amide bonds. The van der Waals surface area contributed by atoms with Crippen LogP contribution in [-0.4, -0.2) is 9.85 Å². The van der Waals surface area contributed by atoms with Gasteiger partial charge in [-0.25, -0.2) is 0 Å². The van der Waals surface area contributed by atoms with Gasteiger partial charge in [0.05, 0.1) is 33.1 Å². The van der Waals surface area contributed by atoms with Gasteiger partial charge in [-0.15, -0.1) is 0 Å². The smallest absolute Gasteiger partial charge is 0.269 e. The largest absolute Gasteiger partial charge is 0.310 e. The second-order valence-corrected chi connectivity index (χ2v) is 9.05. The molecule has 5 rings (SSSR count). The van der Waals surface area contributed by atoms with Crippen molar-refractivity contribution in [2.75, 3.05) is 9.80 Å². The fraction of sp³-hybridized carbons (Fsp3) is 0. The molecule has 0 atom stereocenters. The Balaban J connectivity index is 1.58. The molecular weight excluding hydrogens is 532 g/mol. The van der Waals surface area contributed by atoms with E-state index in [2.05, 4.69) is 12.1 Å². The molecule has 0 saturated carbocycles. The van der Waals surface area contributed by atoms with E-state index in [9.17, 15) is 30.8 Å². The third-order valence-corrected chi connectivity index (χ3v) is 6.51. The van der Waals surface area contributed by atoms with Crippen molar-refractivity contribution in [2.24, 2.45) is 0 Å². The summed E-state index contributed by atoms with van der Waals surface area (Å²) in [5.41, 5.74) is 5.28. The van der Waals surface area contributed by atoms with Gasteiger partial charge in [-0.2, -0.15) is 10.5 Å². The second-order valence-electron chi connectivity index (χ2n) is 9.05. The van der Waals surface area contributed by atoms with Crippen molar-refractivity contribution >= 4 is 45.5 Å². The fourth-order valence-corrected chi connectivity index (χ4v) is 4.46. The number of hydrogen-bond acceptors (Lipinski definition) is 8. The topological polar surface area (TPSA) is 140 Å². The minimum absolute atomic E-state index is 0.0324. The van der Waals surface area contributed by atoms with Crippen LogP contribution in [0.5, 0.6) is 0 Å². The summed E-state index contributed by atoms with van der Waals surface area (Å²) in [6.45, 7) is 0. The lowest BCUT2D eigenvalue weighted by atomic mass is 10.1. The van der Waals surface area contributed by atoms with Gasteiger partial charge in [0, 0.05) is 58.4 Å². The Labute approximate surface area is 240 Å². The van der Waals surface area contributed by atoms with Crippen LogP contribution in [0.3, 0.4) is 0 Å². The van der Waals surface area contributed by atoms with Gasteiger partial charge in [0.15, 0.2) is 0 Å². The van der Waals surface area contributed by atoms with Crippen LogP contribution in [0.2, 0.25) is 0 Å². The Kier molecular flexibility index (Phi) is 7.54. The molecule has 5 aromatic carbocycles. The summed E-state index contributed by atoms with van der Waals surface area (Å²) in [6.07, 6.45) is 0. The number of rotatable bonds is 8. The molecule has 0 radical (unpaired) electrons. The van der Waals surface area contributed by atoms with E-state index in [1.54, 1.807) is 72.8 Å². The van der Waals surface area contributed by atoms with E-state index in [1.807, 2.05) is 34.1 Å². The van der Waals surface area contributed by atoms with Crippen molar-refractivity contribution in [3.63, 3.8) is 0 Å². The first kappa shape index (κ1) is 27.1. The zero-order chi connectivity index (χ0) is 29.6. The van der Waals surface area contributed by atoms with Crippen molar-refractivity contribution < 1.29 is 9.85 Å². The molecule has 5 aromatic rings. The summed E-state index contributed by atoms with van der Waals surface area (Å²) < 4.78 is 0. The van der Waals surface area contributed by atoms with Crippen LogP contribution in [0, 0.1) is 42.9 Å². The molecule has 0 heterocycles.